The second kappa shape index (κ2) is 7.32. The Labute approximate surface area is 150 Å². The number of benzene rings is 1. The fraction of sp³-hybridized carbons (Fsp3) is 0.312. The normalized spacial score (nSPS) is 11.6. The highest BCUT2D eigenvalue weighted by Crippen LogP contribution is 2.26. The van der Waals surface area contributed by atoms with Gasteiger partial charge in [0, 0.05) is 18.0 Å². The summed E-state index contributed by atoms with van der Waals surface area (Å²) in [4.78, 5) is 8.41. The minimum absolute atomic E-state index is 0.118. The molecule has 0 fully saturated rings. The molecular weight excluding hydrogens is 360 g/mol. The Balaban J connectivity index is 1.71. The SMILES string of the molecule is CCOc1ccc(-c2nc(CS(=O)(=O)Cc3ncnn3C)cs2)cc1. The van der Waals surface area contributed by atoms with Gasteiger partial charge in [-0.2, -0.15) is 5.10 Å². The number of hydrogen-bond donors (Lipinski definition) is 0. The van der Waals surface area contributed by atoms with Crippen LogP contribution in [0, 0.1) is 0 Å². The maximum absolute atomic E-state index is 12.3. The summed E-state index contributed by atoms with van der Waals surface area (Å²) in [6.45, 7) is 2.55. The molecule has 0 spiro atoms. The van der Waals surface area contributed by atoms with E-state index < -0.39 is 9.84 Å². The van der Waals surface area contributed by atoms with Crippen molar-refractivity contribution in [1.82, 2.24) is 19.7 Å². The highest BCUT2D eigenvalue weighted by Gasteiger charge is 2.18. The van der Waals surface area contributed by atoms with Gasteiger partial charge >= 0.3 is 0 Å². The number of rotatable bonds is 7. The van der Waals surface area contributed by atoms with Crippen LogP contribution in [0.2, 0.25) is 0 Å². The van der Waals surface area contributed by atoms with Gasteiger partial charge in [-0.15, -0.1) is 11.3 Å². The van der Waals surface area contributed by atoms with Crippen LogP contribution >= 0.6 is 11.3 Å². The molecule has 0 unspecified atom stereocenters. The fourth-order valence-electron chi connectivity index (χ4n) is 2.29. The summed E-state index contributed by atoms with van der Waals surface area (Å²) in [6, 6.07) is 7.60. The summed E-state index contributed by atoms with van der Waals surface area (Å²) in [7, 11) is -1.69. The van der Waals surface area contributed by atoms with E-state index in [0.717, 1.165) is 16.3 Å². The first-order valence-electron chi connectivity index (χ1n) is 7.68. The highest BCUT2D eigenvalue weighted by atomic mass is 32.2. The van der Waals surface area contributed by atoms with E-state index in [0.29, 0.717) is 18.1 Å². The molecule has 7 nitrogen and oxygen atoms in total. The summed E-state index contributed by atoms with van der Waals surface area (Å²) in [5.74, 6) is 0.948. The third-order valence-corrected chi connectivity index (χ3v) is 5.86. The Kier molecular flexibility index (Phi) is 5.14. The van der Waals surface area contributed by atoms with Crippen molar-refractivity contribution in [1.29, 1.82) is 0 Å². The van der Waals surface area contributed by atoms with E-state index in [1.807, 2.05) is 31.2 Å². The molecule has 25 heavy (non-hydrogen) atoms. The maximum atomic E-state index is 12.3. The fourth-order valence-corrected chi connectivity index (χ4v) is 4.58. The average Bonchev–Trinajstić information content (AvgIpc) is 3.17. The van der Waals surface area contributed by atoms with E-state index in [-0.39, 0.29) is 11.5 Å². The van der Waals surface area contributed by atoms with Crippen LogP contribution in [0.25, 0.3) is 10.6 Å². The summed E-state index contributed by atoms with van der Waals surface area (Å²) in [5, 5.41) is 6.45. The first-order chi connectivity index (χ1) is 12.0. The second-order valence-corrected chi connectivity index (χ2v) is 8.36. The molecule has 2 aromatic heterocycles. The number of ether oxygens (including phenoxy) is 1. The first-order valence-corrected chi connectivity index (χ1v) is 10.4. The van der Waals surface area contributed by atoms with E-state index in [1.54, 1.807) is 12.4 Å². The quantitative estimate of drug-likeness (QED) is 0.628. The average molecular weight is 378 g/mol. The van der Waals surface area contributed by atoms with Crippen LogP contribution in [-0.2, 0) is 28.4 Å². The van der Waals surface area contributed by atoms with Gasteiger partial charge in [0.2, 0.25) is 0 Å². The Hall–Kier alpha value is -2.26. The smallest absolute Gasteiger partial charge is 0.163 e. The van der Waals surface area contributed by atoms with Gasteiger partial charge in [0.15, 0.2) is 9.84 Å². The Bertz CT molecular complexity index is 946. The molecular formula is C16H18N4O3S2. The van der Waals surface area contributed by atoms with Crippen molar-refractivity contribution >= 4 is 21.2 Å². The Morgan fingerprint density at radius 1 is 1.20 bits per heavy atom. The molecule has 9 heteroatoms. The van der Waals surface area contributed by atoms with Crippen LogP contribution in [0.5, 0.6) is 5.75 Å². The van der Waals surface area contributed by atoms with Crippen LogP contribution in [-0.4, -0.2) is 34.8 Å². The van der Waals surface area contributed by atoms with Crippen molar-refractivity contribution in [3.8, 4) is 16.3 Å². The predicted octanol–water partition coefficient (Wildman–Crippen LogP) is 2.45. The van der Waals surface area contributed by atoms with Crippen LogP contribution in [0.3, 0.4) is 0 Å². The van der Waals surface area contributed by atoms with Crippen molar-refractivity contribution in [3.05, 3.63) is 47.5 Å². The molecule has 132 valence electrons. The lowest BCUT2D eigenvalue weighted by Gasteiger charge is -2.03. The van der Waals surface area contributed by atoms with Crippen molar-refractivity contribution in [2.24, 2.45) is 7.05 Å². The standard InChI is InChI=1S/C16H18N4O3S2/c1-3-23-14-6-4-12(5-7-14)16-19-13(8-24-16)9-25(21,22)10-15-17-11-18-20(15)2/h4-8,11H,3,9-10H2,1-2H3. The molecule has 3 rings (SSSR count). The molecule has 0 aliphatic carbocycles. The molecule has 0 radical (unpaired) electrons. The lowest BCUT2D eigenvalue weighted by Crippen LogP contribution is -2.12. The lowest BCUT2D eigenvalue weighted by atomic mass is 10.2. The molecule has 0 aliphatic rings. The summed E-state index contributed by atoms with van der Waals surface area (Å²) >= 11 is 1.42. The molecule has 2 heterocycles. The van der Waals surface area contributed by atoms with Crippen LogP contribution in [0.1, 0.15) is 18.4 Å². The van der Waals surface area contributed by atoms with Gasteiger partial charge in [-0.1, -0.05) is 0 Å². The number of nitrogens with zero attached hydrogens (tertiary/aromatic N) is 4. The van der Waals surface area contributed by atoms with E-state index in [1.165, 1.54) is 22.3 Å². The molecule has 0 amide bonds. The van der Waals surface area contributed by atoms with Gasteiger partial charge in [0.25, 0.3) is 0 Å². The molecule has 3 aromatic rings. The third kappa shape index (κ3) is 4.43. The summed E-state index contributed by atoms with van der Waals surface area (Å²) < 4.78 is 31.6. The van der Waals surface area contributed by atoms with E-state index in [4.69, 9.17) is 4.74 Å². The number of hydrogen-bond acceptors (Lipinski definition) is 7. The zero-order valence-electron chi connectivity index (χ0n) is 13.9. The van der Waals surface area contributed by atoms with E-state index >= 15 is 0 Å². The molecule has 1 aromatic carbocycles. The molecule has 0 saturated carbocycles. The minimum Gasteiger partial charge on any atom is -0.494 e. The topological polar surface area (TPSA) is 87.0 Å². The van der Waals surface area contributed by atoms with Gasteiger partial charge < -0.3 is 4.74 Å². The Morgan fingerprint density at radius 2 is 1.96 bits per heavy atom. The van der Waals surface area contributed by atoms with E-state index in [9.17, 15) is 8.42 Å². The Morgan fingerprint density at radius 3 is 2.60 bits per heavy atom. The molecule has 0 bridgehead atoms. The van der Waals surface area contributed by atoms with Crippen molar-refractivity contribution in [2.75, 3.05) is 6.61 Å². The molecule has 0 atom stereocenters. The highest BCUT2D eigenvalue weighted by molar-refractivity contribution is 7.89. The molecule has 0 saturated heterocycles. The largest absolute Gasteiger partial charge is 0.494 e. The number of aryl methyl sites for hydroxylation is 1. The number of thiazole rings is 1. The zero-order chi connectivity index (χ0) is 17.9. The van der Waals surface area contributed by atoms with Gasteiger partial charge in [-0.05, 0) is 31.2 Å². The van der Waals surface area contributed by atoms with Crippen molar-refractivity contribution in [3.63, 3.8) is 0 Å². The zero-order valence-corrected chi connectivity index (χ0v) is 15.5. The third-order valence-electron chi connectivity index (χ3n) is 3.49. The summed E-state index contributed by atoms with van der Waals surface area (Å²) in [5.41, 5.74) is 1.47. The first kappa shape index (κ1) is 17.6. The van der Waals surface area contributed by atoms with Crippen LogP contribution < -0.4 is 4.74 Å². The monoisotopic (exact) mass is 378 g/mol. The van der Waals surface area contributed by atoms with Gasteiger partial charge in [0.05, 0.1) is 18.1 Å². The van der Waals surface area contributed by atoms with E-state index in [2.05, 4.69) is 15.1 Å². The second-order valence-electron chi connectivity index (χ2n) is 5.43. The van der Waals surface area contributed by atoms with Gasteiger partial charge in [0.1, 0.15) is 28.7 Å². The number of aromatic nitrogens is 4. The van der Waals surface area contributed by atoms with Crippen LogP contribution in [0.15, 0.2) is 36.0 Å². The number of sulfone groups is 1. The summed E-state index contributed by atoms with van der Waals surface area (Å²) in [6.07, 6.45) is 1.34. The lowest BCUT2D eigenvalue weighted by molar-refractivity contribution is 0.340. The van der Waals surface area contributed by atoms with Crippen molar-refractivity contribution < 1.29 is 13.2 Å². The minimum atomic E-state index is -3.36. The molecule has 0 aliphatic heterocycles. The van der Waals surface area contributed by atoms with Gasteiger partial charge in [-0.25, -0.2) is 18.4 Å². The molecule has 0 N–H and O–H groups in total. The van der Waals surface area contributed by atoms with Gasteiger partial charge in [-0.3, -0.25) is 4.68 Å². The van der Waals surface area contributed by atoms with Crippen LogP contribution in [0.4, 0.5) is 0 Å². The maximum Gasteiger partial charge on any atom is 0.163 e. The predicted molar refractivity (Wildman–Crippen MR) is 96.0 cm³/mol. The van der Waals surface area contributed by atoms with Crippen molar-refractivity contribution in [2.45, 2.75) is 18.4 Å².